The van der Waals surface area contributed by atoms with Gasteiger partial charge in [0.1, 0.15) is 12.4 Å². The van der Waals surface area contributed by atoms with Crippen molar-refractivity contribution in [2.75, 3.05) is 13.2 Å². The highest BCUT2D eigenvalue weighted by Crippen LogP contribution is 2.17. The summed E-state index contributed by atoms with van der Waals surface area (Å²) in [4.78, 5) is 12.3. The van der Waals surface area contributed by atoms with E-state index in [4.69, 9.17) is 9.47 Å². The molecular formula is C20H27N3O3. The van der Waals surface area contributed by atoms with E-state index in [0.29, 0.717) is 18.7 Å². The molecule has 2 aromatic rings. The molecule has 1 aromatic carbocycles. The first kappa shape index (κ1) is 18.5. The van der Waals surface area contributed by atoms with Crippen molar-refractivity contribution >= 4 is 5.91 Å². The van der Waals surface area contributed by atoms with Gasteiger partial charge in [-0.25, -0.2) is 0 Å². The van der Waals surface area contributed by atoms with Crippen LogP contribution in [0.2, 0.25) is 0 Å². The molecule has 0 saturated carbocycles. The summed E-state index contributed by atoms with van der Waals surface area (Å²) >= 11 is 0. The van der Waals surface area contributed by atoms with E-state index >= 15 is 0 Å². The number of nitrogens with zero attached hydrogens (tertiary/aromatic N) is 2. The fraction of sp³-hybridized carbons (Fsp3) is 0.500. The average molecular weight is 357 g/mol. The van der Waals surface area contributed by atoms with Gasteiger partial charge in [0.05, 0.1) is 23.4 Å². The van der Waals surface area contributed by atoms with Gasteiger partial charge in [-0.2, -0.15) is 5.10 Å². The molecule has 26 heavy (non-hydrogen) atoms. The van der Waals surface area contributed by atoms with Crippen molar-refractivity contribution in [2.24, 2.45) is 0 Å². The first-order valence-corrected chi connectivity index (χ1v) is 9.08. The smallest absolute Gasteiger partial charge is 0.254 e. The van der Waals surface area contributed by atoms with Crippen LogP contribution in [0.4, 0.5) is 0 Å². The lowest BCUT2D eigenvalue weighted by Crippen LogP contribution is -2.24. The van der Waals surface area contributed by atoms with Crippen molar-refractivity contribution < 1.29 is 14.3 Å². The van der Waals surface area contributed by atoms with Crippen molar-refractivity contribution in [3.63, 3.8) is 0 Å². The summed E-state index contributed by atoms with van der Waals surface area (Å²) in [6, 6.07) is 7.78. The summed E-state index contributed by atoms with van der Waals surface area (Å²) < 4.78 is 13.2. The van der Waals surface area contributed by atoms with Gasteiger partial charge in [-0.15, -0.1) is 0 Å². The summed E-state index contributed by atoms with van der Waals surface area (Å²) in [5, 5.41) is 7.20. The van der Waals surface area contributed by atoms with Crippen molar-refractivity contribution in [2.45, 2.75) is 51.8 Å². The molecule has 1 N–H and O–H groups in total. The quantitative estimate of drug-likeness (QED) is 0.863. The molecule has 140 valence electrons. The molecule has 0 radical (unpaired) electrons. The summed E-state index contributed by atoms with van der Waals surface area (Å²) in [5.74, 6) is 0.666. The molecule has 6 nitrogen and oxygen atoms in total. The van der Waals surface area contributed by atoms with Crippen LogP contribution in [0.3, 0.4) is 0 Å². The van der Waals surface area contributed by atoms with E-state index in [-0.39, 0.29) is 17.6 Å². The van der Waals surface area contributed by atoms with Crippen LogP contribution >= 0.6 is 0 Å². The van der Waals surface area contributed by atoms with E-state index in [2.05, 4.69) is 10.4 Å². The summed E-state index contributed by atoms with van der Waals surface area (Å²) in [5.41, 5.74) is 1.41. The van der Waals surface area contributed by atoms with Crippen LogP contribution in [0.1, 0.15) is 49.5 Å². The minimum absolute atomic E-state index is 0.133. The Balaban J connectivity index is 1.53. The highest BCUT2D eigenvalue weighted by Gasteiger charge is 2.17. The monoisotopic (exact) mass is 357 g/mol. The first-order chi connectivity index (χ1) is 12.4. The highest BCUT2D eigenvalue weighted by atomic mass is 16.5. The number of carbonyl (C=O) groups is 1. The largest absolute Gasteiger partial charge is 0.491 e. The molecule has 3 rings (SSSR count). The Labute approximate surface area is 154 Å². The van der Waals surface area contributed by atoms with Crippen molar-refractivity contribution in [1.82, 2.24) is 15.1 Å². The molecule has 1 amide bonds. The summed E-state index contributed by atoms with van der Waals surface area (Å²) in [6.07, 6.45) is 5.72. The molecule has 0 spiro atoms. The van der Waals surface area contributed by atoms with Crippen molar-refractivity contribution in [3.05, 3.63) is 47.8 Å². The Hall–Kier alpha value is -2.34. The first-order valence-electron chi connectivity index (χ1n) is 9.08. The van der Waals surface area contributed by atoms with E-state index in [1.54, 1.807) is 17.1 Å². The zero-order chi connectivity index (χ0) is 18.6. The number of amides is 1. The topological polar surface area (TPSA) is 65.4 Å². The third kappa shape index (κ3) is 4.85. The van der Waals surface area contributed by atoms with Crippen molar-refractivity contribution in [1.29, 1.82) is 0 Å². The van der Waals surface area contributed by atoms with Gasteiger partial charge < -0.3 is 14.8 Å². The number of carbonyl (C=O) groups excluding carboxylic acids is 1. The minimum atomic E-state index is -0.146. The highest BCUT2D eigenvalue weighted by molar-refractivity contribution is 5.93. The van der Waals surface area contributed by atoms with Crippen LogP contribution in [0.25, 0.3) is 0 Å². The van der Waals surface area contributed by atoms with E-state index in [1.165, 1.54) is 0 Å². The average Bonchev–Trinajstić information content (AvgIpc) is 3.29. The SMILES string of the molecule is CC(C)(C)n1cc(C(=O)NCc2cccc(OC[C@@H]3CCCO3)c2)cn1. The standard InChI is InChI=1S/C20H27N3O3/c1-20(2,3)23-13-16(12-22-23)19(24)21-11-15-6-4-7-17(10-15)26-14-18-8-5-9-25-18/h4,6-7,10,12-13,18H,5,8-9,11,14H2,1-3H3,(H,21,24)/t18-/m0/s1. The van der Waals surface area contributed by atoms with Crippen LogP contribution in [0, 0.1) is 0 Å². The molecule has 1 aliphatic rings. The Morgan fingerprint density at radius 1 is 1.42 bits per heavy atom. The van der Waals surface area contributed by atoms with E-state index in [0.717, 1.165) is 30.8 Å². The van der Waals surface area contributed by atoms with Crippen LogP contribution in [-0.2, 0) is 16.8 Å². The number of benzene rings is 1. The molecule has 0 aliphatic carbocycles. The number of rotatable bonds is 6. The lowest BCUT2D eigenvalue weighted by atomic mass is 10.1. The van der Waals surface area contributed by atoms with Crippen LogP contribution < -0.4 is 10.1 Å². The number of hydrogen-bond donors (Lipinski definition) is 1. The normalized spacial score (nSPS) is 17.3. The maximum absolute atomic E-state index is 12.3. The lowest BCUT2D eigenvalue weighted by molar-refractivity contribution is 0.0679. The van der Waals surface area contributed by atoms with Gasteiger partial charge in [-0.1, -0.05) is 12.1 Å². The van der Waals surface area contributed by atoms with Gasteiger partial charge in [0, 0.05) is 19.3 Å². The fourth-order valence-corrected chi connectivity index (χ4v) is 2.80. The van der Waals surface area contributed by atoms with Gasteiger partial charge in [0.25, 0.3) is 5.91 Å². The Morgan fingerprint density at radius 3 is 2.96 bits per heavy atom. The Kier molecular flexibility index (Phi) is 5.61. The second-order valence-corrected chi connectivity index (χ2v) is 7.62. The third-order valence-corrected chi connectivity index (χ3v) is 4.34. The van der Waals surface area contributed by atoms with E-state index < -0.39 is 0 Å². The van der Waals surface area contributed by atoms with Gasteiger partial charge >= 0.3 is 0 Å². The molecule has 1 fully saturated rings. The van der Waals surface area contributed by atoms with Gasteiger partial charge in [-0.05, 0) is 51.3 Å². The molecular weight excluding hydrogens is 330 g/mol. The predicted molar refractivity (Wildman–Crippen MR) is 99.3 cm³/mol. The van der Waals surface area contributed by atoms with E-state index in [1.807, 2.05) is 45.0 Å². The van der Waals surface area contributed by atoms with Crippen LogP contribution in [0.15, 0.2) is 36.7 Å². The maximum atomic E-state index is 12.3. The molecule has 1 aromatic heterocycles. The van der Waals surface area contributed by atoms with Gasteiger partial charge in [-0.3, -0.25) is 9.48 Å². The zero-order valence-corrected chi connectivity index (χ0v) is 15.7. The van der Waals surface area contributed by atoms with E-state index in [9.17, 15) is 4.79 Å². The number of aromatic nitrogens is 2. The lowest BCUT2D eigenvalue weighted by Gasteiger charge is -2.18. The second kappa shape index (κ2) is 7.91. The number of hydrogen-bond acceptors (Lipinski definition) is 4. The maximum Gasteiger partial charge on any atom is 0.254 e. The molecule has 1 atom stereocenters. The van der Waals surface area contributed by atoms with Crippen molar-refractivity contribution in [3.8, 4) is 5.75 Å². The van der Waals surface area contributed by atoms with Gasteiger partial charge in [0.15, 0.2) is 0 Å². The van der Waals surface area contributed by atoms with Crippen LogP contribution in [-0.4, -0.2) is 35.0 Å². The van der Waals surface area contributed by atoms with Gasteiger partial charge in [0.2, 0.25) is 0 Å². The summed E-state index contributed by atoms with van der Waals surface area (Å²) in [7, 11) is 0. The molecule has 1 aliphatic heterocycles. The molecule has 6 heteroatoms. The third-order valence-electron chi connectivity index (χ3n) is 4.34. The second-order valence-electron chi connectivity index (χ2n) is 7.62. The predicted octanol–water partition coefficient (Wildman–Crippen LogP) is 3.13. The molecule has 2 heterocycles. The number of nitrogens with one attached hydrogen (secondary N) is 1. The summed E-state index contributed by atoms with van der Waals surface area (Å²) in [6.45, 7) is 7.97. The number of ether oxygens (including phenoxy) is 2. The Morgan fingerprint density at radius 2 is 2.27 bits per heavy atom. The molecule has 1 saturated heterocycles. The minimum Gasteiger partial charge on any atom is -0.491 e. The molecule has 0 bridgehead atoms. The van der Waals surface area contributed by atoms with Crippen LogP contribution in [0.5, 0.6) is 5.75 Å². The molecule has 0 unspecified atom stereocenters. The zero-order valence-electron chi connectivity index (χ0n) is 15.7. The Bertz CT molecular complexity index is 743. The fourth-order valence-electron chi connectivity index (χ4n) is 2.80.